The van der Waals surface area contributed by atoms with Gasteiger partial charge in [-0.1, -0.05) is 58.0 Å². The quantitative estimate of drug-likeness (QED) is 0.387. The highest BCUT2D eigenvalue weighted by atomic mass is 33.1. The van der Waals surface area contributed by atoms with Crippen molar-refractivity contribution in [2.45, 2.75) is 0 Å². The van der Waals surface area contributed by atoms with Gasteiger partial charge < -0.3 is 11.1 Å². The number of anilines is 1. The van der Waals surface area contributed by atoms with E-state index in [0.29, 0.717) is 0 Å². The maximum atomic E-state index is 5.50. The Balaban J connectivity index is 1.85. The lowest BCUT2D eigenvalue weighted by Crippen LogP contribution is -2.06. The molecule has 114 valence electrons. The van der Waals surface area contributed by atoms with Crippen LogP contribution in [0.2, 0.25) is 0 Å². The molecule has 0 spiro atoms. The maximum absolute atomic E-state index is 5.50. The van der Waals surface area contributed by atoms with Crippen LogP contribution in [0.1, 0.15) is 0 Å². The van der Waals surface area contributed by atoms with Crippen LogP contribution in [0.5, 0.6) is 0 Å². The fraction of sp³-hybridized carbons (Fsp3) is 0.235. The van der Waals surface area contributed by atoms with Crippen molar-refractivity contribution >= 4 is 49.1 Å². The molecule has 5 heteroatoms. The number of hydrogen-bond donors (Lipinski definition) is 2. The zero-order valence-corrected chi connectivity index (χ0v) is 13.9. The molecule has 3 aromatic rings. The van der Waals surface area contributed by atoms with Gasteiger partial charge in [0.1, 0.15) is 0 Å². The van der Waals surface area contributed by atoms with E-state index in [0.717, 1.165) is 35.6 Å². The zero-order chi connectivity index (χ0) is 15.2. The Labute approximate surface area is 138 Å². The molecule has 3 nitrogen and oxygen atoms in total. The summed E-state index contributed by atoms with van der Waals surface area (Å²) in [6.07, 6.45) is 0. The van der Waals surface area contributed by atoms with E-state index >= 15 is 0 Å². The van der Waals surface area contributed by atoms with Crippen molar-refractivity contribution < 1.29 is 0 Å². The minimum absolute atomic E-state index is 0.741. The van der Waals surface area contributed by atoms with Gasteiger partial charge in [0, 0.05) is 35.4 Å². The van der Waals surface area contributed by atoms with Gasteiger partial charge in [-0.05, 0) is 12.1 Å². The summed E-state index contributed by atoms with van der Waals surface area (Å²) >= 11 is 0. The lowest BCUT2D eigenvalue weighted by Gasteiger charge is -2.13. The summed E-state index contributed by atoms with van der Waals surface area (Å²) in [7, 11) is 3.70. The number of pyridine rings is 1. The van der Waals surface area contributed by atoms with Crippen LogP contribution in [0.15, 0.2) is 48.5 Å². The van der Waals surface area contributed by atoms with E-state index in [1.165, 1.54) is 16.5 Å². The average molecular weight is 329 g/mol. The molecule has 0 radical (unpaired) electrons. The summed E-state index contributed by atoms with van der Waals surface area (Å²) in [5.74, 6) is 2.06. The normalized spacial score (nSPS) is 11.1. The lowest BCUT2D eigenvalue weighted by molar-refractivity contribution is 1.15. The van der Waals surface area contributed by atoms with Crippen molar-refractivity contribution in [2.75, 3.05) is 29.9 Å². The highest BCUT2D eigenvalue weighted by Crippen LogP contribution is 2.30. The number of nitrogens with two attached hydrogens (primary N) is 1. The summed E-state index contributed by atoms with van der Waals surface area (Å²) in [5.41, 5.74) is 8.76. The molecule has 0 aliphatic carbocycles. The molecule has 3 N–H and O–H groups in total. The fourth-order valence-electron chi connectivity index (χ4n) is 2.41. The van der Waals surface area contributed by atoms with Gasteiger partial charge in [0.15, 0.2) is 0 Å². The molecule has 1 heterocycles. The van der Waals surface area contributed by atoms with E-state index in [-0.39, 0.29) is 0 Å². The second-order valence-electron chi connectivity index (χ2n) is 4.88. The van der Waals surface area contributed by atoms with Crippen LogP contribution in [-0.2, 0) is 0 Å². The standard InChI is InChI=1S/C17H19N3S2/c18-9-11-21-22-12-10-19-17-13-5-1-3-7-15(13)20-16-8-4-2-6-14(16)17/h1-8H,9-12,18H2,(H,19,20). The Kier molecular flexibility index (Phi) is 5.43. The molecule has 0 saturated carbocycles. The van der Waals surface area contributed by atoms with E-state index < -0.39 is 0 Å². The van der Waals surface area contributed by atoms with E-state index in [9.17, 15) is 0 Å². The van der Waals surface area contributed by atoms with Gasteiger partial charge in [0.25, 0.3) is 0 Å². The summed E-state index contributed by atoms with van der Waals surface area (Å²) in [6, 6.07) is 16.6. The SMILES string of the molecule is NCCSSCCNc1c2ccccc2nc2ccccc12. The third-order valence-electron chi connectivity index (χ3n) is 3.36. The van der Waals surface area contributed by atoms with Crippen molar-refractivity contribution in [3.63, 3.8) is 0 Å². The number of rotatable bonds is 7. The summed E-state index contributed by atoms with van der Waals surface area (Å²) in [5, 5.41) is 5.96. The van der Waals surface area contributed by atoms with Crippen LogP contribution >= 0.6 is 21.6 Å². The number of nitrogens with zero attached hydrogens (tertiary/aromatic N) is 1. The van der Waals surface area contributed by atoms with Gasteiger partial charge in [-0.2, -0.15) is 0 Å². The zero-order valence-electron chi connectivity index (χ0n) is 12.3. The van der Waals surface area contributed by atoms with Gasteiger partial charge in [-0.25, -0.2) is 4.98 Å². The predicted molar refractivity (Wildman–Crippen MR) is 102 cm³/mol. The highest BCUT2D eigenvalue weighted by Gasteiger charge is 2.07. The minimum Gasteiger partial charge on any atom is -0.383 e. The Bertz CT molecular complexity index is 707. The molecule has 0 fully saturated rings. The Hall–Kier alpha value is -1.43. The molecule has 0 aliphatic heterocycles. The molecule has 0 unspecified atom stereocenters. The van der Waals surface area contributed by atoms with Crippen LogP contribution in [-0.4, -0.2) is 29.6 Å². The van der Waals surface area contributed by atoms with Gasteiger partial charge in [0.2, 0.25) is 0 Å². The van der Waals surface area contributed by atoms with Crippen LogP contribution in [0, 0.1) is 0 Å². The molecular formula is C17H19N3S2. The number of benzene rings is 2. The van der Waals surface area contributed by atoms with Gasteiger partial charge in [-0.3, -0.25) is 0 Å². The molecule has 0 saturated heterocycles. The molecule has 0 amide bonds. The number of aromatic nitrogens is 1. The van der Waals surface area contributed by atoms with Gasteiger partial charge in [-0.15, -0.1) is 0 Å². The van der Waals surface area contributed by atoms with Crippen molar-refractivity contribution in [1.29, 1.82) is 0 Å². The first-order chi connectivity index (χ1) is 10.9. The second-order valence-corrected chi connectivity index (χ2v) is 7.58. The Morgan fingerprint density at radius 3 is 2.09 bits per heavy atom. The maximum Gasteiger partial charge on any atom is 0.0730 e. The molecule has 0 aliphatic rings. The van der Waals surface area contributed by atoms with Crippen LogP contribution in [0.25, 0.3) is 21.8 Å². The smallest absolute Gasteiger partial charge is 0.0730 e. The summed E-state index contributed by atoms with van der Waals surface area (Å²) in [6.45, 7) is 1.67. The van der Waals surface area contributed by atoms with Crippen LogP contribution < -0.4 is 11.1 Å². The molecule has 2 aromatic carbocycles. The van der Waals surface area contributed by atoms with Crippen molar-refractivity contribution in [3.8, 4) is 0 Å². The summed E-state index contributed by atoms with van der Waals surface area (Å²) in [4.78, 5) is 4.74. The third kappa shape index (κ3) is 3.48. The van der Waals surface area contributed by atoms with E-state index in [2.05, 4.69) is 41.7 Å². The van der Waals surface area contributed by atoms with Crippen LogP contribution in [0.3, 0.4) is 0 Å². The molecular weight excluding hydrogens is 310 g/mol. The van der Waals surface area contributed by atoms with E-state index in [4.69, 9.17) is 10.7 Å². The van der Waals surface area contributed by atoms with Crippen molar-refractivity contribution in [2.24, 2.45) is 5.73 Å². The van der Waals surface area contributed by atoms with Gasteiger partial charge >= 0.3 is 0 Å². The van der Waals surface area contributed by atoms with Crippen molar-refractivity contribution in [3.05, 3.63) is 48.5 Å². The number of nitrogens with one attached hydrogen (secondary N) is 1. The first-order valence-electron chi connectivity index (χ1n) is 7.36. The molecule has 22 heavy (non-hydrogen) atoms. The summed E-state index contributed by atoms with van der Waals surface area (Å²) < 4.78 is 0. The first-order valence-corrected chi connectivity index (χ1v) is 9.85. The Morgan fingerprint density at radius 1 is 0.864 bits per heavy atom. The van der Waals surface area contributed by atoms with Gasteiger partial charge in [0.05, 0.1) is 16.7 Å². The number of fused-ring (bicyclic) bond motifs is 2. The predicted octanol–water partition coefficient (Wildman–Crippen LogP) is 4.14. The fourth-order valence-corrected chi connectivity index (χ4v) is 4.18. The third-order valence-corrected chi connectivity index (χ3v) is 5.80. The topological polar surface area (TPSA) is 50.9 Å². The van der Waals surface area contributed by atoms with E-state index in [1.54, 1.807) is 0 Å². The number of para-hydroxylation sites is 2. The molecule has 0 atom stereocenters. The van der Waals surface area contributed by atoms with Crippen LogP contribution in [0.4, 0.5) is 5.69 Å². The highest BCUT2D eigenvalue weighted by molar-refractivity contribution is 8.76. The second kappa shape index (κ2) is 7.72. The number of hydrogen-bond acceptors (Lipinski definition) is 5. The lowest BCUT2D eigenvalue weighted by atomic mass is 10.1. The molecule has 3 rings (SSSR count). The molecule has 0 bridgehead atoms. The first kappa shape index (κ1) is 15.5. The van der Waals surface area contributed by atoms with Crippen molar-refractivity contribution in [1.82, 2.24) is 4.98 Å². The largest absolute Gasteiger partial charge is 0.383 e. The molecule has 1 aromatic heterocycles. The average Bonchev–Trinajstić information content (AvgIpc) is 2.57. The Morgan fingerprint density at radius 2 is 1.45 bits per heavy atom. The van der Waals surface area contributed by atoms with E-state index in [1.807, 2.05) is 33.7 Å². The minimum atomic E-state index is 0.741. The monoisotopic (exact) mass is 329 g/mol.